The fourth-order valence-electron chi connectivity index (χ4n) is 1.36. The van der Waals surface area contributed by atoms with Gasteiger partial charge in [0, 0.05) is 17.6 Å². The number of hydrogen-bond donors (Lipinski definition) is 1. The summed E-state index contributed by atoms with van der Waals surface area (Å²) in [5.74, 6) is 0.899. The zero-order valence-electron chi connectivity index (χ0n) is 9.30. The highest BCUT2D eigenvalue weighted by Gasteiger charge is 2.06. The zero-order chi connectivity index (χ0) is 12.3. The van der Waals surface area contributed by atoms with Gasteiger partial charge < -0.3 is 9.73 Å². The largest absolute Gasteiger partial charge is 0.452 e. The Morgan fingerprint density at radius 2 is 2.24 bits per heavy atom. The van der Waals surface area contributed by atoms with Crippen LogP contribution in [0.3, 0.4) is 0 Å². The Balaban J connectivity index is 1.83. The summed E-state index contributed by atoms with van der Waals surface area (Å²) in [4.78, 5) is 5.67. The fraction of sp³-hybridized carbons (Fsp3) is 0.364. The molecule has 3 nitrogen and oxygen atoms in total. The Hall–Kier alpha value is -0.170. The van der Waals surface area contributed by atoms with Crippen LogP contribution < -0.4 is 5.32 Å². The zero-order valence-corrected chi connectivity index (χ0v) is 13.3. The van der Waals surface area contributed by atoms with Gasteiger partial charge in [0.15, 0.2) is 4.67 Å². The van der Waals surface area contributed by atoms with Crippen molar-refractivity contribution in [3.8, 4) is 0 Å². The molecule has 0 aliphatic carbocycles. The Morgan fingerprint density at radius 1 is 1.41 bits per heavy atom. The van der Waals surface area contributed by atoms with Gasteiger partial charge in [-0.15, -0.1) is 11.3 Å². The second kappa shape index (κ2) is 6.13. The van der Waals surface area contributed by atoms with Gasteiger partial charge in [0.25, 0.3) is 0 Å². The minimum Gasteiger partial charge on any atom is -0.452 e. The molecule has 6 heteroatoms. The third-order valence-corrected chi connectivity index (χ3v) is 5.07. The number of aryl methyl sites for hydroxylation is 1. The molecule has 2 rings (SSSR count). The second-order valence-electron chi connectivity index (χ2n) is 3.51. The number of rotatable bonds is 5. The van der Waals surface area contributed by atoms with Crippen LogP contribution in [0.5, 0.6) is 0 Å². The normalized spacial score (nSPS) is 11.0. The van der Waals surface area contributed by atoms with Crippen LogP contribution in [0.15, 0.2) is 25.8 Å². The van der Waals surface area contributed by atoms with Crippen LogP contribution in [0.2, 0.25) is 0 Å². The summed E-state index contributed by atoms with van der Waals surface area (Å²) in [6.07, 6.45) is 3.00. The van der Waals surface area contributed by atoms with Crippen LogP contribution in [0.1, 0.15) is 22.6 Å². The Bertz CT molecular complexity index is 476. The molecule has 0 aliphatic rings. The van der Waals surface area contributed by atoms with Crippen molar-refractivity contribution in [2.45, 2.75) is 26.4 Å². The van der Waals surface area contributed by atoms with Crippen molar-refractivity contribution in [1.82, 2.24) is 10.3 Å². The number of halogens is 2. The van der Waals surface area contributed by atoms with Crippen molar-refractivity contribution < 1.29 is 4.42 Å². The first kappa shape index (κ1) is 13.3. The predicted octanol–water partition coefficient (Wildman–Crippen LogP) is 4.11. The van der Waals surface area contributed by atoms with E-state index in [1.54, 1.807) is 11.3 Å². The molecule has 2 aromatic rings. The Labute approximate surface area is 121 Å². The molecule has 0 unspecified atom stereocenters. The first-order valence-electron chi connectivity index (χ1n) is 5.27. The highest BCUT2D eigenvalue weighted by molar-refractivity contribution is 9.13. The van der Waals surface area contributed by atoms with Crippen LogP contribution in [-0.2, 0) is 19.5 Å². The molecule has 0 bridgehead atoms. The van der Waals surface area contributed by atoms with E-state index in [0.717, 1.165) is 32.9 Å². The predicted molar refractivity (Wildman–Crippen MR) is 76.1 cm³/mol. The van der Waals surface area contributed by atoms with Gasteiger partial charge in [-0.3, -0.25) is 0 Å². The molecule has 92 valence electrons. The molecule has 0 fully saturated rings. The van der Waals surface area contributed by atoms with E-state index in [9.17, 15) is 0 Å². The molecule has 2 aromatic heterocycles. The van der Waals surface area contributed by atoms with Crippen LogP contribution in [0.4, 0.5) is 0 Å². The molecular weight excluding hydrogens is 368 g/mol. The summed E-state index contributed by atoms with van der Waals surface area (Å²) in [7, 11) is 0. The molecular formula is C11H12Br2N2OS. The fourth-order valence-corrected chi connectivity index (χ4v) is 2.86. The highest BCUT2D eigenvalue weighted by atomic mass is 79.9. The molecule has 0 radical (unpaired) electrons. The van der Waals surface area contributed by atoms with Crippen LogP contribution >= 0.6 is 43.2 Å². The number of hydrogen-bond acceptors (Lipinski definition) is 4. The van der Waals surface area contributed by atoms with Gasteiger partial charge in [-0.25, -0.2) is 4.98 Å². The van der Waals surface area contributed by atoms with Gasteiger partial charge in [-0.2, -0.15) is 0 Å². The quantitative estimate of drug-likeness (QED) is 0.849. The van der Waals surface area contributed by atoms with Gasteiger partial charge in [0.05, 0.1) is 11.0 Å². The molecule has 17 heavy (non-hydrogen) atoms. The number of nitrogens with one attached hydrogen (secondary N) is 1. The molecule has 0 saturated carbocycles. The molecule has 1 N–H and O–H groups in total. The summed E-state index contributed by atoms with van der Waals surface area (Å²) in [5, 5.41) is 4.43. The average Bonchev–Trinajstić information content (AvgIpc) is 2.87. The minimum absolute atomic E-state index is 0.700. The average molecular weight is 380 g/mol. The molecule has 2 heterocycles. The maximum absolute atomic E-state index is 5.47. The third kappa shape index (κ3) is 3.64. The van der Waals surface area contributed by atoms with Gasteiger partial charge in [-0.05, 0) is 44.3 Å². The summed E-state index contributed by atoms with van der Waals surface area (Å²) in [6, 6.07) is 1.95. The lowest BCUT2D eigenvalue weighted by Crippen LogP contribution is -2.11. The first-order chi connectivity index (χ1) is 8.19. The van der Waals surface area contributed by atoms with E-state index in [4.69, 9.17) is 4.42 Å². The van der Waals surface area contributed by atoms with Gasteiger partial charge in [0.2, 0.25) is 0 Å². The van der Waals surface area contributed by atoms with E-state index in [0.29, 0.717) is 6.54 Å². The van der Waals surface area contributed by atoms with Gasteiger partial charge in [0.1, 0.15) is 10.8 Å². The third-order valence-electron chi connectivity index (χ3n) is 2.22. The number of thiazole rings is 1. The monoisotopic (exact) mass is 378 g/mol. The van der Waals surface area contributed by atoms with E-state index in [2.05, 4.69) is 49.1 Å². The highest BCUT2D eigenvalue weighted by Crippen LogP contribution is 2.26. The van der Waals surface area contributed by atoms with E-state index < -0.39 is 0 Å². The Kier molecular flexibility index (Phi) is 4.78. The molecule has 0 aromatic carbocycles. The van der Waals surface area contributed by atoms with Crippen LogP contribution in [0.25, 0.3) is 0 Å². The topological polar surface area (TPSA) is 38.1 Å². The van der Waals surface area contributed by atoms with Gasteiger partial charge >= 0.3 is 0 Å². The van der Waals surface area contributed by atoms with Crippen molar-refractivity contribution in [3.63, 3.8) is 0 Å². The number of furan rings is 1. The second-order valence-corrected chi connectivity index (χ2v) is 6.29. The SMILES string of the molecule is CCc1cnc(CNCc2cc(Br)c(Br)o2)s1. The van der Waals surface area contributed by atoms with E-state index >= 15 is 0 Å². The van der Waals surface area contributed by atoms with Crippen LogP contribution in [0, 0.1) is 0 Å². The molecule has 0 saturated heterocycles. The summed E-state index contributed by atoms with van der Waals surface area (Å²) < 4.78 is 7.14. The van der Waals surface area contributed by atoms with E-state index in [-0.39, 0.29) is 0 Å². The van der Waals surface area contributed by atoms with E-state index in [1.165, 1.54) is 4.88 Å². The lowest BCUT2D eigenvalue weighted by Gasteiger charge is -1.98. The van der Waals surface area contributed by atoms with Crippen LogP contribution in [-0.4, -0.2) is 4.98 Å². The van der Waals surface area contributed by atoms with Crippen molar-refractivity contribution in [1.29, 1.82) is 0 Å². The lowest BCUT2D eigenvalue weighted by atomic mass is 10.4. The van der Waals surface area contributed by atoms with Crippen molar-refractivity contribution in [3.05, 3.63) is 37.1 Å². The molecule has 0 amide bonds. The summed E-state index contributed by atoms with van der Waals surface area (Å²) >= 11 is 8.45. The first-order valence-corrected chi connectivity index (χ1v) is 7.67. The Morgan fingerprint density at radius 3 is 2.82 bits per heavy atom. The maximum Gasteiger partial charge on any atom is 0.183 e. The molecule has 0 atom stereocenters. The van der Waals surface area contributed by atoms with E-state index in [1.807, 2.05) is 12.3 Å². The standard InChI is InChI=1S/C11H12Br2N2OS/c1-2-8-5-15-10(17-8)6-14-4-7-3-9(12)11(13)16-7/h3,5,14H,2,4,6H2,1H3. The number of nitrogens with zero attached hydrogens (tertiary/aromatic N) is 1. The summed E-state index contributed by atoms with van der Waals surface area (Å²) in [6.45, 7) is 3.62. The lowest BCUT2D eigenvalue weighted by molar-refractivity contribution is 0.464. The number of aromatic nitrogens is 1. The minimum atomic E-state index is 0.700. The molecule has 0 aliphatic heterocycles. The smallest absolute Gasteiger partial charge is 0.183 e. The maximum atomic E-state index is 5.47. The van der Waals surface area contributed by atoms with Crippen molar-refractivity contribution in [2.24, 2.45) is 0 Å². The van der Waals surface area contributed by atoms with Crippen molar-refractivity contribution >= 4 is 43.2 Å². The molecule has 0 spiro atoms. The summed E-state index contributed by atoms with van der Waals surface area (Å²) in [5.41, 5.74) is 0. The van der Waals surface area contributed by atoms with Crippen molar-refractivity contribution in [2.75, 3.05) is 0 Å². The van der Waals surface area contributed by atoms with Gasteiger partial charge in [-0.1, -0.05) is 6.92 Å².